The van der Waals surface area contributed by atoms with Crippen LogP contribution in [0, 0.1) is 6.92 Å². The van der Waals surface area contributed by atoms with E-state index in [1.807, 2.05) is 32.0 Å². The molecule has 1 N–H and O–H groups in total. The Labute approximate surface area is 97.0 Å². The first kappa shape index (κ1) is 13.0. The molecular weight excluding hydrogens is 204 g/mol. The van der Waals surface area contributed by atoms with E-state index >= 15 is 0 Å². The average Bonchev–Trinajstić information content (AvgIpc) is 2.29. The van der Waals surface area contributed by atoms with Gasteiger partial charge < -0.3 is 14.6 Å². The Morgan fingerprint density at radius 2 is 2.12 bits per heavy atom. The molecule has 3 heteroatoms. The Morgan fingerprint density at radius 1 is 1.38 bits per heavy atom. The molecule has 0 radical (unpaired) electrons. The van der Waals surface area contributed by atoms with Gasteiger partial charge in [0, 0.05) is 12.2 Å². The highest BCUT2D eigenvalue weighted by atomic mass is 16.5. The van der Waals surface area contributed by atoms with E-state index in [-0.39, 0.29) is 0 Å². The van der Waals surface area contributed by atoms with Crippen molar-refractivity contribution in [2.24, 2.45) is 0 Å². The summed E-state index contributed by atoms with van der Waals surface area (Å²) in [5.74, 6) is 0.707. The molecule has 0 aliphatic rings. The van der Waals surface area contributed by atoms with Crippen LogP contribution in [-0.2, 0) is 4.74 Å². The van der Waals surface area contributed by atoms with Crippen LogP contribution in [-0.4, -0.2) is 25.4 Å². The van der Waals surface area contributed by atoms with Crippen LogP contribution in [0.1, 0.15) is 30.6 Å². The van der Waals surface area contributed by atoms with Crippen LogP contribution in [0.3, 0.4) is 0 Å². The zero-order chi connectivity index (χ0) is 12.0. The lowest BCUT2D eigenvalue weighted by molar-refractivity contribution is 0.0352. The summed E-state index contributed by atoms with van der Waals surface area (Å²) in [7, 11) is 1.60. The molecule has 0 saturated heterocycles. The summed E-state index contributed by atoms with van der Waals surface area (Å²) in [6.07, 6.45) is 0.332. The molecule has 1 aromatic rings. The predicted molar refractivity (Wildman–Crippen MR) is 63.8 cm³/mol. The molecule has 0 fully saturated rings. The van der Waals surface area contributed by atoms with Gasteiger partial charge in [-0.3, -0.25) is 0 Å². The molecule has 0 spiro atoms. The minimum absolute atomic E-state index is 0.313. The van der Waals surface area contributed by atoms with Crippen LogP contribution in [0.15, 0.2) is 18.2 Å². The molecule has 0 saturated carbocycles. The molecule has 0 amide bonds. The lowest BCUT2D eigenvalue weighted by Gasteiger charge is -2.15. The molecule has 1 aromatic carbocycles. The fourth-order valence-electron chi connectivity index (χ4n) is 1.54. The number of ether oxygens (including phenoxy) is 2. The Hall–Kier alpha value is -1.06. The van der Waals surface area contributed by atoms with Crippen LogP contribution in [0.2, 0.25) is 0 Å². The van der Waals surface area contributed by atoms with Crippen LogP contribution in [0.25, 0.3) is 0 Å². The number of aliphatic hydroxyl groups is 1. The maximum Gasteiger partial charge on any atom is 0.124 e. The van der Waals surface area contributed by atoms with Gasteiger partial charge in [0.1, 0.15) is 11.9 Å². The van der Waals surface area contributed by atoms with Crippen LogP contribution in [0.4, 0.5) is 0 Å². The van der Waals surface area contributed by atoms with Crippen molar-refractivity contribution in [2.75, 3.05) is 20.3 Å². The smallest absolute Gasteiger partial charge is 0.124 e. The van der Waals surface area contributed by atoms with Crippen molar-refractivity contribution in [1.29, 1.82) is 0 Å². The third kappa shape index (κ3) is 3.51. The standard InChI is InChI=1S/C13H20O3/c1-4-7-16-9-12(14)11-8-10(2)5-6-13(11)15-3/h5-6,8,12,14H,4,7,9H2,1-3H3. The third-order valence-corrected chi connectivity index (χ3v) is 2.37. The number of hydrogen-bond donors (Lipinski definition) is 1. The number of aliphatic hydroxyl groups excluding tert-OH is 1. The summed E-state index contributed by atoms with van der Waals surface area (Å²) in [5.41, 5.74) is 1.89. The van der Waals surface area contributed by atoms with Crippen LogP contribution >= 0.6 is 0 Å². The van der Waals surface area contributed by atoms with Crippen LogP contribution in [0.5, 0.6) is 5.75 Å². The number of hydrogen-bond acceptors (Lipinski definition) is 3. The highest BCUT2D eigenvalue weighted by Crippen LogP contribution is 2.26. The lowest BCUT2D eigenvalue weighted by Crippen LogP contribution is -2.09. The van der Waals surface area contributed by atoms with Crippen molar-refractivity contribution in [3.8, 4) is 5.75 Å². The van der Waals surface area contributed by atoms with Gasteiger partial charge in [-0.25, -0.2) is 0 Å². The zero-order valence-electron chi connectivity index (χ0n) is 10.2. The summed E-state index contributed by atoms with van der Waals surface area (Å²) >= 11 is 0. The van der Waals surface area contributed by atoms with Gasteiger partial charge in [0.05, 0.1) is 13.7 Å². The molecular formula is C13H20O3. The number of rotatable bonds is 6. The molecule has 90 valence electrons. The van der Waals surface area contributed by atoms with Gasteiger partial charge in [0.25, 0.3) is 0 Å². The second-order valence-electron chi connectivity index (χ2n) is 3.84. The third-order valence-electron chi connectivity index (χ3n) is 2.37. The maximum atomic E-state index is 9.98. The fraction of sp³-hybridized carbons (Fsp3) is 0.538. The normalized spacial score (nSPS) is 12.5. The van der Waals surface area contributed by atoms with E-state index < -0.39 is 6.10 Å². The first-order valence-electron chi connectivity index (χ1n) is 5.59. The largest absolute Gasteiger partial charge is 0.496 e. The highest BCUT2D eigenvalue weighted by molar-refractivity contribution is 5.38. The van der Waals surface area contributed by atoms with E-state index in [0.29, 0.717) is 19.0 Å². The summed E-state index contributed by atoms with van der Waals surface area (Å²) in [5, 5.41) is 9.98. The van der Waals surface area contributed by atoms with Gasteiger partial charge in [0.2, 0.25) is 0 Å². The second kappa shape index (κ2) is 6.51. The van der Waals surface area contributed by atoms with Crippen molar-refractivity contribution in [2.45, 2.75) is 26.4 Å². The van der Waals surface area contributed by atoms with E-state index in [1.54, 1.807) is 7.11 Å². The van der Waals surface area contributed by atoms with E-state index in [4.69, 9.17) is 9.47 Å². The number of benzene rings is 1. The SMILES string of the molecule is CCCOCC(O)c1cc(C)ccc1OC. The van der Waals surface area contributed by atoms with Crippen molar-refractivity contribution in [3.63, 3.8) is 0 Å². The fourth-order valence-corrected chi connectivity index (χ4v) is 1.54. The molecule has 1 rings (SSSR count). The van der Waals surface area contributed by atoms with Gasteiger partial charge in [-0.2, -0.15) is 0 Å². The Bertz CT molecular complexity index is 323. The van der Waals surface area contributed by atoms with E-state index in [1.165, 1.54) is 0 Å². The van der Waals surface area contributed by atoms with Gasteiger partial charge in [-0.1, -0.05) is 18.6 Å². The molecule has 16 heavy (non-hydrogen) atoms. The van der Waals surface area contributed by atoms with Crippen molar-refractivity contribution < 1.29 is 14.6 Å². The van der Waals surface area contributed by atoms with E-state index in [0.717, 1.165) is 17.5 Å². The number of aryl methyl sites for hydroxylation is 1. The van der Waals surface area contributed by atoms with Crippen molar-refractivity contribution in [1.82, 2.24) is 0 Å². The van der Waals surface area contributed by atoms with Crippen LogP contribution < -0.4 is 4.74 Å². The number of methoxy groups -OCH3 is 1. The monoisotopic (exact) mass is 224 g/mol. The minimum Gasteiger partial charge on any atom is -0.496 e. The summed E-state index contributed by atoms with van der Waals surface area (Å²) in [4.78, 5) is 0. The first-order chi connectivity index (χ1) is 7.69. The molecule has 0 aromatic heterocycles. The van der Waals surface area contributed by atoms with Gasteiger partial charge >= 0.3 is 0 Å². The Balaban J connectivity index is 2.72. The van der Waals surface area contributed by atoms with E-state index in [9.17, 15) is 5.11 Å². The molecule has 0 heterocycles. The maximum absolute atomic E-state index is 9.98. The summed E-state index contributed by atoms with van der Waals surface area (Å²) in [6.45, 7) is 5.01. The summed E-state index contributed by atoms with van der Waals surface area (Å²) in [6, 6.07) is 5.76. The molecule has 0 aliphatic carbocycles. The minimum atomic E-state index is -0.624. The Kier molecular flexibility index (Phi) is 5.29. The quantitative estimate of drug-likeness (QED) is 0.754. The van der Waals surface area contributed by atoms with E-state index in [2.05, 4.69) is 0 Å². The zero-order valence-corrected chi connectivity index (χ0v) is 10.2. The lowest BCUT2D eigenvalue weighted by atomic mass is 10.1. The Morgan fingerprint density at radius 3 is 2.75 bits per heavy atom. The predicted octanol–water partition coefficient (Wildman–Crippen LogP) is 2.46. The molecule has 1 atom stereocenters. The van der Waals surface area contributed by atoms with Gasteiger partial charge in [0.15, 0.2) is 0 Å². The van der Waals surface area contributed by atoms with Crippen molar-refractivity contribution >= 4 is 0 Å². The molecule has 0 bridgehead atoms. The first-order valence-corrected chi connectivity index (χ1v) is 5.59. The molecule has 0 aliphatic heterocycles. The second-order valence-corrected chi connectivity index (χ2v) is 3.84. The van der Waals surface area contributed by atoms with Gasteiger partial charge in [-0.15, -0.1) is 0 Å². The highest BCUT2D eigenvalue weighted by Gasteiger charge is 2.13. The molecule has 1 unspecified atom stereocenters. The summed E-state index contributed by atoms with van der Waals surface area (Å²) < 4.78 is 10.5. The topological polar surface area (TPSA) is 38.7 Å². The van der Waals surface area contributed by atoms with Crippen molar-refractivity contribution in [3.05, 3.63) is 29.3 Å². The van der Waals surface area contributed by atoms with Gasteiger partial charge in [-0.05, 0) is 25.5 Å². The average molecular weight is 224 g/mol. The molecule has 3 nitrogen and oxygen atoms in total.